The van der Waals surface area contributed by atoms with Gasteiger partial charge >= 0.3 is 5.97 Å². The summed E-state index contributed by atoms with van der Waals surface area (Å²) in [5.74, 6) is 0.664. The van der Waals surface area contributed by atoms with Crippen LogP contribution in [0.3, 0.4) is 0 Å². The third-order valence-electron chi connectivity index (χ3n) is 14.7. The average Bonchev–Trinajstić information content (AvgIpc) is 2.93. The van der Waals surface area contributed by atoms with Gasteiger partial charge in [-0.2, -0.15) is 0 Å². The van der Waals surface area contributed by atoms with E-state index in [9.17, 15) is 14.4 Å². The minimum Gasteiger partial charge on any atom is -0.462 e. The standard InChI is InChI=1S/C39H55NO4/c1-24-10-12-26(13-11-24)40-33(43)36(6)19-18-35(5)20-21-38(8)27(28(35)23-36)22-29(42)32-37(7)16-15-31(44-25(2)41)34(3,4)30(37)14-17-39(32,38)9/h10-13,22,28,30-32H,14-21,23H2,1-9H3,(H,40,43)/t28-,30-,31-,32-,35+,36+,37-,38+,39-/m0/s1. The van der Waals surface area contributed by atoms with Crippen molar-refractivity contribution in [2.75, 3.05) is 5.32 Å². The maximum Gasteiger partial charge on any atom is 0.302 e. The van der Waals surface area contributed by atoms with Gasteiger partial charge in [0.25, 0.3) is 0 Å². The van der Waals surface area contributed by atoms with Crippen LogP contribution in [-0.2, 0) is 19.1 Å². The second kappa shape index (κ2) is 10.0. The van der Waals surface area contributed by atoms with Crippen LogP contribution < -0.4 is 5.32 Å². The number of ether oxygens (including phenoxy) is 1. The molecule has 5 aliphatic carbocycles. The zero-order valence-electron chi connectivity index (χ0n) is 28.7. The molecule has 0 unspecified atom stereocenters. The van der Waals surface area contributed by atoms with Crippen LogP contribution in [0.4, 0.5) is 5.69 Å². The summed E-state index contributed by atoms with van der Waals surface area (Å²) < 4.78 is 5.88. The number of fused-ring (bicyclic) bond motifs is 7. The van der Waals surface area contributed by atoms with Crippen LogP contribution in [0.5, 0.6) is 0 Å². The molecule has 1 aromatic carbocycles. The van der Waals surface area contributed by atoms with Crippen molar-refractivity contribution in [2.45, 2.75) is 126 Å². The molecule has 4 saturated carbocycles. The molecule has 0 aliphatic heterocycles. The summed E-state index contributed by atoms with van der Waals surface area (Å²) in [6.45, 7) is 19.9. The number of esters is 1. The molecule has 0 radical (unpaired) electrons. The zero-order chi connectivity index (χ0) is 32.1. The van der Waals surface area contributed by atoms with E-state index in [-0.39, 0.29) is 56.9 Å². The Hall–Kier alpha value is -2.43. The molecule has 9 atom stereocenters. The molecule has 44 heavy (non-hydrogen) atoms. The highest BCUT2D eigenvalue weighted by atomic mass is 16.5. The van der Waals surface area contributed by atoms with E-state index in [0.29, 0.717) is 11.7 Å². The first-order chi connectivity index (χ1) is 20.4. The molecule has 5 aliphatic rings. The summed E-state index contributed by atoms with van der Waals surface area (Å²) in [5, 5.41) is 3.23. The first kappa shape index (κ1) is 31.5. The van der Waals surface area contributed by atoms with Crippen molar-refractivity contribution in [1.29, 1.82) is 0 Å². The van der Waals surface area contributed by atoms with Gasteiger partial charge in [0.1, 0.15) is 6.10 Å². The Morgan fingerprint density at radius 3 is 2.18 bits per heavy atom. The van der Waals surface area contributed by atoms with Gasteiger partial charge < -0.3 is 10.1 Å². The smallest absolute Gasteiger partial charge is 0.302 e. The first-order valence-corrected chi connectivity index (χ1v) is 17.2. The predicted molar refractivity (Wildman–Crippen MR) is 175 cm³/mol. The Balaban J connectivity index is 1.34. The SMILES string of the molecule is CC(=O)O[C@H]1CC[C@@]2(C)[C@@H](CC[C@@]3(C)[C@H]2C(=O)C=C2[C@@H]4C[C@](C)(C(=O)Nc5ccc(C)cc5)CC[C@]4(C)CC[C@]23C)C1(C)C. The van der Waals surface area contributed by atoms with Gasteiger partial charge in [-0.25, -0.2) is 0 Å². The normalized spacial score (nSPS) is 44.2. The lowest BCUT2D eigenvalue weighted by Gasteiger charge is -2.70. The van der Waals surface area contributed by atoms with Crippen molar-refractivity contribution in [3.8, 4) is 0 Å². The Morgan fingerprint density at radius 1 is 0.864 bits per heavy atom. The van der Waals surface area contributed by atoms with Gasteiger partial charge in [0.15, 0.2) is 5.78 Å². The summed E-state index contributed by atoms with van der Waals surface area (Å²) in [5.41, 5.74) is 2.39. The van der Waals surface area contributed by atoms with Crippen molar-refractivity contribution in [3.05, 3.63) is 41.5 Å². The minimum atomic E-state index is -0.488. The highest BCUT2D eigenvalue weighted by Gasteiger charge is 2.70. The molecule has 5 nitrogen and oxygen atoms in total. The Bertz CT molecular complexity index is 1410. The molecule has 0 bridgehead atoms. The van der Waals surface area contributed by atoms with E-state index in [4.69, 9.17) is 4.74 Å². The van der Waals surface area contributed by atoms with E-state index < -0.39 is 5.41 Å². The number of carbonyl (C=O) groups is 3. The lowest BCUT2D eigenvalue weighted by Crippen LogP contribution is -2.66. The molecule has 0 spiro atoms. The van der Waals surface area contributed by atoms with Crippen molar-refractivity contribution in [2.24, 2.45) is 50.2 Å². The number of anilines is 1. The van der Waals surface area contributed by atoms with Crippen LogP contribution in [0.1, 0.15) is 119 Å². The number of hydrogen-bond donors (Lipinski definition) is 1. The summed E-state index contributed by atoms with van der Waals surface area (Å²) in [4.78, 5) is 40.5. The van der Waals surface area contributed by atoms with Gasteiger partial charge in [-0.3, -0.25) is 14.4 Å². The monoisotopic (exact) mass is 601 g/mol. The van der Waals surface area contributed by atoms with Crippen molar-refractivity contribution in [1.82, 2.24) is 0 Å². The van der Waals surface area contributed by atoms with Gasteiger partial charge in [-0.1, -0.05) is 71.7 Å². The van der Waals surface area contributed by atoms with Crippen molar-refractivity contribution >= 4 is 23.3 Å². The van der Waals surface area contributed by atoms with E-state index in [0.717, 1.165) is 63.5 Å². The molecular formula is C39H55NO4. The van der Waals surface area contributed by atoms with E-state index in [1.165, 1.54) is 18.1 Å². The van der Waals surface area contributed by atoms with E-state index >= 15 is 0 Å². The molecule has 4 fully saturated rings. The van der Waals surface area contributed by atoms with Gasteiger partial charge in [0.2, 0.25) is 5.91 Å². The number of benzene rings is 1. The van der Waals surface area contributed by atoms with Gasteiger partial charge in [0.05, 0.1) is 0 Å². The first-order valence-electron chi connectivity index (χ1n) is 17.2. The second-order valence-corrected chi connectivity index (χ2v) is 17.5. The largest absolute Gasteiger partial charge is 0.462 e. The molecule has 1 aromatic rings. The second-order valence-electron chi connectivity index (χ2n) is 17.5. The highest BCUT2D eigenvalue weighted by molar-refractivity contribution is 5.96. The quantitative estimate of drug-likeness (QED) is 0.351. The number of carbonyl (C=O) groups excluding carboxylic acids is 3. The minimum absolute atomic E-state index is 0.0516. The van der Waals surface area contributed by atoms with Crippen LogP contribution >= 0.6 is 0 Å². The number of amides is 1. The number of nitrogens with one attached hydrogen (secondary N) is 1. The number of rotatable bonds is 3. The Labute approximate surface area is 265 Å². The van der Waals surface area contributed by atoms with E-state index in [1.54, 1.807) is 0 Å². The van der Waals surface area contributed by atoms with Gasteiger partial charge in [-0.15, -0.1) is 0 Å². The maximum absolute atomic E-state index is 14.7. The zero-order valence-corrected chi connectivity index (χ0v) is 28.7. The van der Waals surface area contributed by atoms with Crippen molar-refractivity contribution < 1.29 is 19.1 Å². The number of ketones is 1. The van der Waals surface area contributed by atoms with Crippen LogP contribution in [0.2, 0.25) is 0 Å². The summed E-state index contributed by atoms with van der Waals surface area (Å²) in [7, 11) is 0. The fourth-order valence-corrected chi connectivity index (χ4v) is 11.7. The Kier molecular flexibility index (Phi) is 7.19. The average molecular weight is 602 g/mol. The molecule has 0 saturated heterocycles. The lowest BCUT2D eigenvalue weighted by molar-refractivity contribution is -0.210. The number of allylic oxidation sites excluding steroid dienone is 2. The molecule has 5 heteroatoms. The molecular weight excluding hydrogens is 546 g/mol. The van der Waals surface area contributed by atoms with Crippen LogP contribution in [-0.4, -0.2) is 23.8 Å². The predicted octanol–water partition coefficient (Wildman–Crippen LogP) is 8.85. The van der Waals surface area contributed by atoms with Crippen molar-refractivity contribution in [3.63, 3.8) is 0 Å². The third-order valence-corrected chi connectivity index (χ3v) is 14.7. The molecule has 0 aromatic heterocycles. The summed E-state index contributed by atoms with van der Waals surface area (Å²) in [6, 6.07) is 8.05. The fourth-order valence-electron chi connectivity index (χ4n) is 11.7. The fraction of sp³-hybridized carbons (Fsp3) is 0.718. The molecule has 6 rings (SSSR count). The van der Waals surface area contributed by atoms with Crippen LogP contribution in [0.25, 0.3) is 0 Å². The maximum atomic E-state index is 14.7. The van der Waals surface area contributed by atoms with E-state index in [1.807, 2.05) is 24.3 Å². The summed E-state index contributed by atoms with van der Waals surface area (Å²) >= 11 is 0. The summed E-state index contributed by atoms with van der Waals surface area (Å²) in [6.07, 6.45) is 10.6. The topological polar surface area (TPSA) is 72.5 Å². The number of hydrogen-bond acceptors (Lipinski definition) is 4. The van der Waals surface area contributed by atoms with Crippen LogP contribution in [0.15, 0.2) is 35.9 Å². The van der Waals surface area contributed by atoms with Gasteiger partial charge in [-0.05, 0) is 116 Å². The highest BCUT2D eigenvalue weighted by Crippen LogP contribution is 2.75. The lowest BCUT2D eigenvalue weighted by atomic mass is 9.33. The molecule has 1 amide bonds. The van der Waals surface area contributed by atoms with Gasteiger partial charge in [0, 0.05) is 29.4 Å². The molecule has 0 heterocycles. The molecule has 1 N–H and O–H groups in total. The Morgan fingerprint density at radius 2 is 1.52 bits per heavy atom. The number of aryl methyl sites for hydroxylation is 1. The molecule has 240 valence electrons. The van der Waals surface area contributed by atoms with E-state index in [2.05, 4.69) is 66.8 Å². The third kappa shape index (κ3) is 4.41. The van der Waals surface area contributed by atoms with Crippen LogP contribution in [0, 0.1) is 57.2 Å².